The van der Waals surface area contributed by atoms with Crippen molar-refractivity contribution in [1.29, 1.82) is 0 Å². The maximum Gasteiger partial charge on any atom is 0.251 e. The Hall–Kier alpha value is -3.06. The molecule has 0 fully saturated rings. The molecule has 0 atom stereocenters. The number of amides is 1. The Bertz CT molecular complexity index is 733. The number of carbonyl (C=O) groups excluding carboxylic acids is 2. The molecule has 0 heterocycles. The van der Waals surface area contributed by atoms with Crippen LogP contribution in [0.15, 0.2) is 54.6 Å². The summed E-state index contributed by atoms with van der Waals surface area (Å²) in [6.07, 6.45) is 5.31. The zero-order valence-electron chi connectivity index (χ0n) is 13.0. The summed E-state index contributed by atoms with van der Waals surface area (Å²) in [5.41, 5.74) is 2.03. The van der Waals surface area contributed by atoms with Gasteiger partial charge in [0.15, 0.2) is 5.78 Å². The molecule has 4 nitrogen and oxygen atoms in total. The van der Waals surface area contributed by atoms with Crippen LogP contribution in [0.3, 0.4) is 0 Å². The fourth-order valence-electron chi connectivity index (χ4n) is 2.12. The molecule has 0 unspecified atom stereocenters. The monoisotopic (exact) mass is 306 g/mol. The molecule has 2 rings (SSSR count). The fraction of sp³-hybridized carbons (Fsp3) is 0.158. The average molecular weight is 306 g/mol. The molecule has 0 saturated heterocycles. The Kier molecular flexibility index (Phi) is 5.54. The standard InChI is InChI=1S/C19H18N2O2/c1-3-21(2)14-15-8-7-11-17(12-15)19(23)20-13-18(22)16-9-5-4-6-10-16/h1,4-12H,13-14H2,2H3,(H,20,23). The van der Waals surface area contributed by atoms with Crippen LogP contribution in [-0.2, 0) is 6.54 Å². The van der Waals surface area contributed by atoms with Crippen molar-refractivity contribution in [3.8, 4) is 12.5 Å². The Labute approximate surface area is 136 Å². The SMILES string of the molecule is C#CN(C)Cc1cccc(C(=O)NCC(=O)c2ccccc2)c1. The summed E-state index contributed by atoms with van der Waals surface area (Å²) in [4.78, 5) is 25.8. The first kappa shape index (κ1) is 16.3. The van der Waals surface area contributed by atoms with Crippen LogP contribution in [0.1, 0.15) is 26.3 Å². The summed E-state index contributed by atoms with van der Waals surface area (Å²) in [5, 5.41) is 2.65. The quantitative estimate of drug-likeness (QED) is 0.506. The molecule has 2 aromatic rings. The Balaban J connectivity index is 1.97. The van der Waals surface area contributed by atoms with Gasteiger partial charge in [0.25, 0.3) is 5.91 Å². The van der Waals surface area contributed by atoms with Crippen molar-refractivity contribution < 1.29 is 9.59 Å². The molecule has 1 N–H and O–H groups in total. The molecule has 0 aromatic heterocycles. The van der Waals surface area contributed by atoms with Crippen molar-refractivity contribution >= 4 is 11.7 Å². The molecular formula is C19H18N2O2. The maximum absolute atomic E-state index is 12.2. The van der Waals surface area contributed by atoms with Crippen molar-refractivity contribution in [2.24, 2.45) is 0 Å². The van der Waals surface area contributed by atoms with Gasteiger partial charge < -0.3 is 10.2 Å². The van der Waals surface area contributed by atoms with Gasteiger partial charge in [-0.2, -0.15) is 0 Å². The summed E-state index contributed by atoms with van der Waals surface area (Å²) in [6.45, 7) is 0.526. The van der Waals surface area contributed by atoms with E-state index in [1.165, 1.54) is 0 Å². The highest BCUT2D eigenvalue weighted by Crippen LogP contribution is 2.07. The third-order valence-corrected chi connectivity index (χ3v) is 3.33. The summed E-state index contributed by atoms with van der Waals surface area (Å²) in [7, 11) is 1.80. The van der Waals surface area contributed by atoms with Crippen molar-refractivity contribution in [3.05, 3.63) is 71.3 Å². The topological polar surface area (TPSA) is 49.4 Å². The second-order valence-electron chi connectivity index (χ2n) is 5.16. The van der Waals surface area contributed by atoms with Crippen LogP contribution < -0.4 is 5.32 Å². The number of carbonyl (C=O) groups is 2. The number of rotatable bonds is 6. The highest BCUT2D eigenvalue weighted by molar-refractivity contribution is 6.02. The van der Waals surface area contributed by atoms with E-state index >= 15 is 0 Å². The summed E-state index contributed by atoms with van der Waals surface area (Å²) >= 11 is 0. The predicted octanol–water partition coefficient (Wildman–Crippen LogP) is 2.32. The van der Waals surface area contributed by atoms with Gasteiger partial charge in [-0.1, -0.05) is 48.9 Å². The average Bonchev–Trinajstić information content (AvgIpc) is 2.60. The lowest BCUT2D eigenvalue weighted by Crippen LogP contribution is -2.29. The second kappa shape index (κ2) is 7.81. The minimum atomic E-state index is -0.278. The molecule has 4 heteroatoms. The summed E-state index contributed by atoms with van der Waals surface area (Å²) in [6, 6.07) is 18.6. The molecule has 0 aliphatic carbocycles. The molecule has 0 saturated carbocycles. The van der Waals surface area contributed by atoms with Gasteiger partial charge in [0.2, 0.25) is 0 Å². The van der Waals surface area contributed by atoms with E-state index in [9.17, 15) is 9.59 Å². The third-order valence-electron chi connectivity index (χ3n) is 3.33. The van der Waals surface area contributed by atoms with Crippen LogP contribution in [0.4, 0.5) is 0 Å². The van der Waals surface area contributed by atoms with Crippen molar-refractivity contribution in [2.45, 2.75) is 6.54 Å². The molecule has 0 radical (unpaired) electrons. The molecule has 0 aliphatic heterocycles. The second-order valence-corrected chi connectivity index (χ2v) is 5.16. The van der Waals surface area contributed by atoms with Crippen LogP contribution in [-0.4, -0.2) is 30.2 Å². The normalized spacial score (nSPS) is 9.74. The first-order valence-electron chi connectivity index (χ1n) is 7.23. The molecule has 116 valence electrons. The van der Waals surface area contributed by atoms with Gasteiger partial charge in [0, 0.05) is 24.2 Å². The Morgan fingerprint density at radius 3 is 2.48 bits per heavy atom. The predicted molar refractivity (Wildman–Crippen MR) is 89.8 cm³/mol. The van der Waals surface area contributed by atoms with E-state index in [-0.39, 0.29) is 18.2 Å². The zero-order chi connectivity index (χ0) is 16.7. The number of terminal acetylenes is 1. The number of Topliss-reactive ketones (excluding diaryl/α,β-unsaturated/α-hetero) is 1. The minimum Gasteiger partial charge on any atom is -0.345 e. The molecule has 0 spiro atoms. The lowest BCUT2D eigenvalue weighted by Gasteiger charge is -2.11. The van der Waals surface area contributed by atoms with Crippen LogP contribution >= 0.6 is 0 Å². The zero-order valence-corrected chi connectivity index (χ0v) is 13.0. The first-order chi connectivity index (χ1) is 11.1. The number of nitrogens with one attached hydrogen (secondary N) is 1. The Morgan fingerprint density at radius 1 is 1.09 bits per heavy atom. The van der Waals surface area contributed by atoms with E-state index in [1.54, 1.807) is 54.4 Å². The fourth-order valence-corrected chi connectivity index (χ4v) is 2.12. The minimum absolute atomic E-state index is 0.0304. The number of benzene rings is 2. The number of hydrogen-bond donors (Lipinski definition) is 1. The van der Waals surface area contributed by atoms with Crippen LogP contribution in [0, 0.1) is 12.5 Å². The van der Waals surface area contributed by atoms with Gasteiger partial charge in [0.05, 0.1) is 13.1 Å². The van der Waals surface area contributed by atoms with Crippen LogP contribution in [0.2, 0.25) is 0 Å². The molecule has 2 aromatic carbocycles. The van der Waals surface area contributed by atoms with Crippen molar-refractivity contribution in [3.63, 3.8) is 0 Å². The number of ketones is 1. The summed E-state index contributed by atoms with van der Waals surface area (Å²) in [5.74, 6) is -0.401. The molecule has 0 bridgehead atoms. The van der Waals surface area contributed by atoms with Gasteiger partial charge in [0.1, 0.15) is 0 Å². The number of nitrogens with zero attached hydrogens (tertiary/aromatic N) is 1. The van der Waals surface area contributed by atoms with Gasteiger partial charge in [-0.05, 0) is 17.7 Å². The highest BCUT2D eigenvalue weighted by Gasteiger charge is 2.10. The highest BCUT2D eigenvalue weighted by atomic mass is 16.2. The van der Waals surface area contributed by atoms with Crippen LogP contribution in [0.25, 0.3) is 0 Å². The van der Waals surface area contributed by atoms with Crippen LogP contribution in [0.5, 0.6) is 0 Å². The van der Waals surface area contributed by atoms with E-state index in [2.05, 4.69) is 11.4 Å². The van der Waals surface area contributed by atoms with E-state index in [1.807, 2.05) is 12.1 Å². The molecular weight excluding hydrogens is 288 g/mol. The van der Waals surface area contributed by atoms with Crippen molar-refractivity contribution in [1.82, 2.24) is 10.2 Å². The van der Waals surface area contributed by atoms with Crippen molar-refractivity contribution in [2.75, 3.05) is 13.6 Å². The van der Waals surface area contributed by atoms with Gasteiger partial charge in [-0.15, -0.1) is 0 Å². The lowest BCUT2D eigenvalue weighted by atomic mass is 10.1. The van der Waals surface area contributed by atoms with E-state index in [0.717, 1.165) is 5.56 Å². The third kappa shape index (κ3) is 4.72. The van der Waals surface area contributed by atoms with E-state index < -0.39 is 0 Å². The van der Waals surface area contributed by atoms with Gasteiger partial charge in [-0.3, -0.25) is 9.59 Å². The number of hydrogen-bond acceptors (Lipinski definition) is 3. The van der Waals surface area contributed by atoms with E-state index in [0.29, 0.717) is 17.7 Å². The molecule has 23 heavy (non-hydrogen) atoms. The van der Waals surface area contributed by atoms with Gasteiger partial charge >= 0.3 is 0 Å². The molecule has 1 amide bonds. The lowest BCUT2D eigenvalue weighted by molar-refractivity contribution is 0.0904. The first-order valence-corrected chi connectivity index (χ1v) is 7.23. The molecule has 0 aliphatic rings. The van der Waals surface area contributed by atoms with Gasteiger partial charge in [-0.25, -0.2) is 0 Å². The smallest absolute Gasteiger partial charge is 0.251 e. The maximum atomic E-state index is 12.2. The Morgan fingerprint density at radius 2 is 1.78 bits per heavy atom. The van der Waals surface area contributed by atoms with E-state index in [4.69, 9.17) is 6.42 Å². The summed E-state index contributed by atoms with van der Waals surface area (Å²) < 4.78 is 0. The largest absolute Gasteiger partial charge is 0.345 e.